The zero-order chi connectivity index (χ0) is 13.9. The Morgan fingerprint density at radius 3 is 2.58 bits per heavy atom. The predicted molar refractivity (Wildman–Crippen MR) is 71.1 cm³/mol. The second-order valence-electron chi connectivity index (χ2n) is 5.00. The number of aromatic nitrogens is 3. The summed E-state index contributed by atoms with van der Waals surface area (Å²) in [6, 6.07) is 9.46. The maximum Gasteiger partial charge on any atom is 0.427 e. The van der Waals surface area contributed by atoms with Crippen LogP contribution in [-0.4, -0.2) is 26.6 Å². The standard InChI is InChI=1S/C13H16N4O2/c1-13(2,3)19-12(18)16-17-9-14-15-11(17)10-7-5-4-6-8-10/h4-9H,1-3H3,(H,16,18). The summed E-state index contributed by atoms with van der Waals surface area (Å²) >= 11 is 0. The van der Waals surface area contributed by atoms with Crippen molar-refractivity contribution in [1.82, 2.24) is 14.9 Å². The van der Waals surface area contributed by atoms with Crippen LogP contribution in [-0.2, 0) is 4.74 Å². The molecule has 0 unspecified atom stereocenters. The van der Waals surface area contributed by atoms with E-state index >= 15 is 0 Å². The Bertz CT molecular complexity index is 558. The zero-order valence-corrected chi connectivity index (χ0v) is 11.1. The van der Waals surface area contributed by atoms with Gasteiger partial charge in [-0.15, -0.1) is 10.2 Å². The topological polar surface area (TPSA) is 69.0 Å². The van der Waals surface area contributed by atoms with E-state index < -0.39 is 11.7 Å². The summed E-state index contributed by atoms with van der Waals surface area (Å²) in [5.41, 5.74) is 2.88. The van der Waals surface area contributed by atoms with Gasteiger partial charge in [0.15, 0.2) is 5.82 Å². The molecule has 6 heteroatoms. The molecule has 2 aromatic rings. The van der Waals surface area contributed by atoms with Crippen molar-refractivity contribution in [2.75, 3.05) is 5.43 Å². The number of hydrogen-bond acceptors (Lipinski definition) is 4. The van der Waals surface area contributed by atoms with E-state index in [9.17, 15) is 4.79 Å². The molecule has 0 radical (unpaired) electrons. The van der Waals surface area contributed by atoms with Gasteiger partial charge in [0.25, 0.3) is 0 Å². The molecule has 19 heavy (non-hydrogen) atoms. The zero-order valence-electron chi connectivity index (χ0n) is 11.1. The summed E-state index contributed by atoms with van der Waals surface area (Å²) < 4.78 is 6.61. The van der Waals surface area contributed by atoms with Crippen LogP contribution in [0.15, 0.2) is 36.7 Å². The molecule has 0 fully saturated rings. The fourth-order valence-electron chi connectivity index (χ4n) is 1.50. The molecule has 2 rings (SSSR count). The fourth-order valence-corrected chi connectivity index (χ4v) is 1.50. The number of nitrogens with zero attached hydrogens (tertiary/aromatic N) is 3. The highest BCUT2D eigenvalue weighted by Crippen LogP contribution is 2.15. The van der Waals surface area contributed by atoms with E-state index in [4.69, 9.17) is 4.74 Å². The Morgan fingerprint density at radius 1 is 1.26 bits per heavy atom. The largest absolute Gasteiger partial charge is 0.443 e. The van der Waals surface area contributed by atoms with Crippen LogP contribution in [0.1, 0.15) is 20.8 Å². The van der Waals surface area contributed by atoms with Gasteiger partial charge in [0, 0.05) is 5.56 Å². The summed E-state index contributed by atoms with van der Waals surface area (Å²) in [7, 11) is 0. The van der Waals surface area contributed by atoms with Crippen molar-refractivity contribution in [2.45, 2.75) is 26.4 Å². The third kappa shape index (κ3) is 3.54. The quantitative estimate of drug-likeness (QED) is 0.900. The van der Waals surface area contributed by atoms with Gasteiger partial charge >= 0.3 is 6.09 Å². The lowest BCUT2D eigenvalue weighted by molar-refractivity contribution is 0.0613. The van der Waals surface area contributed by atoms with Gasteiger partial charge in [0.05, 0.1) is 0 Å². The first-order chi connectivity index (χ1) is 8.96. The summed E-state index contributed by atoms with van der Waals surface area (Å²) in [5, 5.41) is 7.77. The molecule has 6 nitrogen and oxygen atoms in total. The van der Waals surface area contributed by atoms with Crippen molar-refractivity contribution >= 4 is 6.09 Å². The van der Waals surface area contributed by atoms with Crippen molar-refractivity contribution in [3.63, 3.8) is 0 Å². The minimum absolute atomic E-state index is 0.548. The average molecular weight is 260 g/mol. The van der Waals surface area contributed by atoms with Crippen molar-refractivity contribution in [2.24, 2.45) is 0 Å². The number of hydrogen-bond donors (Lipinski definition) is 1. The van der Waals surface area contributed by atoms with Crippen LogP contribution in [0.25, 0.3) is 11.4 Å². The number of nitrogens with one attached hydrogen (secondary N) is 1. The third-order valence-electron chi connectivity index (χ3n) is 2.19. The summed E-state index contributed by atoms with van der Waals surface area (Å²) in [4.78, 5) is 11.7. The number of carbonyl (C=O) groups is 1. The molecule has 1 N–H and O–H groups in total. The summed E-state index contributed by atoms with van der Waals surface area (Å²) in [6.07, 6.45) is 0.871. The summed E-state index contributed by atoms with van der Waals surface area (Å²) in [6.45, 7) is 5.41. The maximum absolute atomic E-state index is 11.7. The minimum atomic E-state index is -0.551. The van der Waals surface area contributed by atoms with Crippen LogP contribution in [0.5, 0.6) is 0 Å². The average Bonchev–Trinajstić information content (AvgIpc) is 2.75. The monoisotopic (exact) mass is 260 g/mol. The highest BCUT2D eigenvalue weighted by Gasteiger charge is 2.17. The number of rotatable bonds is 2. The Balaban J connectivity index is 2.15. The van der Waals surface area contributed by atoms with Crippen molar-refractivity contribution in [3.8, 4) is 11.4 Å². The van der Waals surface area contributed by atoms with Gasteiger partial charge in [-0.1, -0.05) is 30.3 Å². The second-order valence-corrected chi connectivity index (χ2v) is 5.00. The van der Waals surface area contributed by atoms with Crippen molar-refractivity contribution in [1.29, 1.82) is 0 Å². The van der Waals surface area contributed by atoms with Crippen molar-refractivity contribution in [3.05, 3.63) is 36.7 Å². The molecule has 0 bridgehead atoms. The molecule has 1 amide bonds. The molecule has 100 valence electrons. The Morgan fingerprint density at radius 2 is 1.95 bits per heavy atom. The van der Waals surface area contributed by atoms with Gasteiger partial charge in [-0.2, -0.15) is 0 Å². The van der Waals surface area contributed by atoms with Crippen LogP contribution >= 0.6 is 0 Å². The highest BCUT2D eigenvalue weighted by molar-refractivity contribution is 5.77. The van der Waals surface area contributed by atoms with E-state index in [0.29, 0.717) is 5.82 Å². The lowest BCUT2D eigenvalue weighted by Gasteiger charge is -2.20. The predicted octanol–water partition coefficient (Wildman–Crippen LogP) is 2.42. The van der Waals surface area contributed by atoms with Gasteiger partial charge in [-0.25, -0.2) is 14.9 Å². The Kier molecular flexibility index (Phi) is 3.50. The van der Waals surface area contributed by atoms with E-state index in [1.54, 1.807) is 20.8 Å². The van der Waals surface area contributed by atoms with E-state index in [1.807, 2.05) is 30.3 Å². The molecule has 0 aliphatic rings. The normalized spacial score (nSPS) is 11.1. The molecule has 0 atom stereocenters. The Labute approximate surface area is 111 Å². The molecule has 0 aliphatic heterocycles. The van der Waals surface area contributed by atoms with Gasteiger partial charge in [0.2, 0.25) is 0 Å². The summed E-state index contributed by atoms with van der Waals surface area (Å²) in [5.74, 6) is 0.548. The molecule has 1 heterocycles. The minimum Gasteiger partial charge on any atom is -0.443 e. The number of amides is 1. The van der Waals surface area contributed by atoms with Crippen LogP contribution < -0.4 is 5.43 Å². The van der Waals surface area contributed by atoms with Gasteiger partial charge in [-0.05, 0) is 20.8 Å². The van der Waals surface area contributed by atoms with Crippen LogP contribution in [0, 0.1) is 0 Å². The van der Waals surface area contributed by atoms with Crippen LogP contribution in [0.4, 0.5) is 4.79 Å². The lowest BCUT2D eigenvalue weighted by Crippen LogP contribution is -2.31. The first-order valence-corrected chi connectivity index (χ1v) is 5.91. The van der Waals surface area contributed by atoms with Gasteiger partial charge in [-0.3, -0.25) is 0 Å². The van der Waals surface area contributed by atoms with E-state index in [-0.39, 0.29) is 0 Å². The molecular weight excluding hydrogens is 244 g/mol. The van der Waals surface area contributed by atoms with Crippen LogP contribution in [0.3, 0.4) is 0 Å². The lowest BCUT2D eigenvalue weighted by atomic mass is 10.2. The molecule has 1 aromatic heterocycles. The molecule has 1 aromatic carbocycles. The van der Waals surface area contributed by atoms with E-state index in [2.05, 4.69) is 15.6 Å². The number of ether oxygens (including phenoxy) is 1. The molecule has 0 saturated carbocycles. The molecule has 0 spiro atoms. The number of carbonyl (C=O) groups excluding carboxylic acids is 1. The number of benzene rings is 1. The van der Waals surface area contributed by atoms with E-state index in [0.717, 1.165) is 5.56 Å². The SMILES string of the molecule is CC(C)(C)OC(=O)Nn1cnnc1-c1ccccc1. The van der Waals surface area contributed by atoms with Gasteiger partial charge in [0.1, 0.15) is 11.9 Å². The first-order valence-electron chi connectivity index (χ1n) is 5.91. The molecule has 0 aliphatic carbocycles. The Hall–Kier alpha value is -2.37. The molecular formula is C13H16N4O2. The van der Waals surface area contributed by atoms with Crippen LogP contribution in [0.2, 0.25) is 0 Å². The second kappa shape index (κ2) is 5.09. The smallest absolute Gasteiger partial charge is 0.427 e. The van der Waals surface area contributed by atoms with Gasteiger partial charge < -0.3 is 4.74 Å². The first kappa shape index (κ1) is 13.1. The molecule has 0 saturated heterocycles. The third-order valence-corrected chi connectivity index (χ3v) is 2.19. The van der Waals surface area contributed by atoms with E-state index in [1.165, 1.54) is 11.0 Å². The highest BCUT2D eigenvalue weighted by atomic mass is 16.6. The van der Waals surface area contributed by atoms with Crippen molar-refractivity contribution < 1.29 is 9.53 Å². The fraction of sp³-hybridized carbons (Fsp3) is 0.308. The maximum atomic E-state index is 11.7.